The summed E-state index contributed by atoms with van der Waals surface area (Å²) in [7, 11) is 0. The summed E-state index contributed by atoms with van der Waals surface area (Å²) in [5.41, 5.74) is 7.76. The van der Waals surface area contributed by atoms with Crippen molar-refractivity contribution < 1.29 is 4.74 Å². The van der Waals surface area contributed by atoms with E-state index in [-0.39, 0.29) is 6.04 Å². The fourth-order valence-electron chi connectivity index (χ4n) is 3.24. The van der Waals surface area contributed by atoms with Crippen LogP contribution in [0.25, 0.3) is 0 Å². The van der Waals surface area contributed by atoms with E-state index in [0.717, 1.165) is 25.3 Å². The van der Waals surface area contributed by atoms with E-state index in [1.165, 1.54) is 24.8 Å². The molecule has 0 radical (unpaired) electrons. The molecule has 0 saturated carbocycles. The molecule has 1 aromatic carbocycles. The highest BCUT2D eigenvalue weighted by molar-refractivity contribution is 5.37. The van der Waals surface area contributed by atoms with Crippen molar-refractivity contribution in [2.45, 2.75) is 51.6 Å². The zero-order valence-electron chi connectivity index (χ0n) is 12.8. The molecule has 2 rings (SSSR count). The highest BCUT2D eigenvalue weighted by atomic mass is 16.5. The van der Waals surface area contributed by atoms with Gasteiger partial charge in [0, 0.05) is 11.6 Å². The van der Waals surface area contributed by atoms with Gasteiger partial charge in [0.05, 0.1) is 12.6 Å². The van der Waals surface area contributed by atoms with Crippen LogP contribution in [-0.4, -0.2) is 30.6 Å². The van der Waals surface area contributed by atoms with Gasteiger partial charge in [0.1, 0.15) is 5.75 Å². The fraction of sp³-hybridized carbons (Fsp3) is 0.647. The normalized spacial score (nSPS) is 24.4. The topological polar surface area (TPSA) is 38.5 Å². The van der Waals surface area contributed by atoms with Gasteiger partial charge >= 0.3 is 0 Å². The lowest BCUT2D eigenvalue weighted by Gasteiger charge is -2.34. The lowest BCUT2D eigenvalue weighted by molar-refractivity contribution is 0.180. The van der Waals surface area contributed by atoms with Gasteiger partial charge in [0.2, 0.25) is 0 Å². The monoisotopic (exact) mass is 276 g/mol. The van der Waals surface area contributed by atoms with E-state index in [1.54, 1.807) is 0 Å². The number of rotatable bonds is 5. The van der Waals surface area contributed by atoms with Crippen LogP contribution >= 0.6 is 0 Å². The highest BCUT2D eigenvalue weighted by Gasteiger charge is 2.30. The molecule has 1 aliphatic heterocycles. The van der Waals surface area contributed by atoms with Gasteiger partial charge in [-0.15, -0.1) is 0 Å². The average Bonchev–Trinajstić information content (AvgIpc) is 2.62. The quantitative estimate of drug-likeness (QED) is 0.896. The van der Waals surface area contributed by atoms with Gasteiger partial charge in [-0.25, -0.2) is 0 Å². The second kappa shape index (κ2) is 7.65. The number of likely N-dealkylation sites (tertiary alicyclic amines) is 1. The number of hydrogen-bond donors (Lipinski definition) is 1. The summed E-state index contributed by atoms with van der Waals surface area (Å²) in [6.45, 7) is 7.23. The number of hydrogen-bond acceptors (Lipinski definition) is 3. The maximum absolute atomic E-state index is 6.50. The van der Waals surface area contributed by atoms with Crippen LogP contribution in [0.5, 0.6) is 5.75 Å². The molecular weight excluding hydrogens is 248 g/mol. The summed E-state index contributed by atoms with van der Waals surface area (Å²) in [6, 6.07) is 8.88. The molecule has 2 unspecified atom stereocenters. The van der Waals surface area contributed by atoms with Crippen molar-refractivity contribution in [3.05, 3.63) is 29.8 Å². The van der Waals surface area contributed by atoms with Crippen LogP contribution < -0.4 is 10.5 Å². The number of nitrogens with two attached hydrogens (primary N) is 1. The van der Waals surface area contributed by atoms with Crippen molar-refractivity contribution in [2.75, 3.05) is 19.7 Å². The van der Waals surface area contributed by atoms with E-state index in [2.05, 4.69) is 30.0 Å². The maximum atomic E-state index is 6.50. The minimum atomic E-state index is 0.200. The number of benzene rings is 1. The van der Waals surface area contributed by atoms with Gasteiger partial charge in [-0.3, -0.25) is 4.90 Å². The molecule has 1 aliphatic rings. The third kappa shape index (κ3) is 3.53. The minimum absolute atomic E-state index is 0.200. The summed E-state index contributed by atoms with van der Waals surface area (Å²) >= 11 is 0. The van der Waals surface area contributed by atoms with Crippen molar-refractivity contribution in [3.63, 3.8) is 0 Å². The van der Waals surface area contributed by atoms with Crippen molar-refractivity contribution in [2.24, 2.45) is 5.73 Å². The van der Waals surface area contributed by atoms with Gasteiger partial charge in [-0.1, -0.05) is 31.5 Å². The Kier molecular flexibility index (Phi) is 5.86. The first-order valence-electron chi connectivity index (χ1n) is 7.99. The standard InChI is InChI=1S/C17H28N2O/c1-3-12-19-13-8-7-10-15(18)17(19)14-9-5-6-11-16(14)20-4-2/h5-6,9,11,15,17H,3-4,7-8,10,12-13,18H2,1-2H3. The first-order chi connectivity index (χ1) is 9.77. The number of nitrogens with zero attached hydrogens (tertiary/aromatic N) is 1. The van der Waals surface area contributed by atoms with E-state index < -0.39 is 0 Å². The summed E-state index contributed by atoms with van der Waals surface area (Å²) in [5.74, 6) is 0.999. The molecule has 0 spiro atoms. The highest BCUT2D eigenvalue weighted by Crippen LogP contribution is 2.34. The van der Waals surface area contributed by atoms with E-state index in [4.69, 9.17) is 10.5 Å². The van der Waals surface area contributed by atoms with Gasteiger partial charge in [-0.05, 0) is 45.3 Å². The third-order valence-electron chi connectivity index (χ3n) is 4.08. The fourth-order valence-corrected chi connectivity index (χ4v) is 3.24. The molecule has 112 valence electrons. The Balaban J connectivity index is 2.33. The van der Waals surface area contributed by atoms with E-state index in [1.807, 2.05) is 13.0 Å². The van der Waals surface area contributed by atoms with Crippen LogP contribution in [0, 0.1) is 0 Å². The molecule has 0 aliphatic carbocycles. The van der Waals surface area contributed by atoms with Crippen LogP contribution in [-0.2, 0) is 0 Å². The van der Waals surface area contributed by atoms with Gasteiger partial charge in [-0.2, -0.15) is 0 Å². The first-order valence-corrected chi connectivity index (χ1v) is 7.99. The molecule has 0 aromatic heterocycles. The summed E-state index contributed by atoms with van der Waals surface area (Å²) in [4.78, 5) is 2.55. The molecule has 1 fully saturated rings. The number of ether oxygens (including phenoxy) is 1. The van der Waals surface area contributed by atoms with Gasteiger partial charge in [0.25, 0.3) is 0 Å². The minimum Gasteiger partial charge on any atom is -0.494 e. The molecular formula is C17H28N2O. The van der Waals surface area contributed by atoms with E-state index in [0.29, 0.717) is 12.6 Å². The zero-order chi connectivity index (χ0) is 14.4. The van der Waals surface area contributed by atoms with Gasteiger partial charge in [0.15, 0.2) is 0 Å². The first kappa shape index (κ1) is 15.3. The van der Waals surface area contributed by atoms with Crippen molar-refractivity contribution >= 4 is 0 Å². The predicted molar refractivity (Wildman–Crippen MR) is 84.0 cm³/mol. The molecule has 0 amide bonds. The van der Waals surface area contributed by atoms with Crippen LogP contribution in [0.1, 0.15) is 51.1 Å². The van der Waals surface area contributed by atoms with Crippen molar-refractivity contribution in [1.82, 2.24) is 4.90 Å². The molecule has 1 aromatic rings. The van der Waals surface area contributed by atoms with E-state index >= 15 is 0 Å². The molecule has 1 saturated heterocycles. The second-order valence-corrected chi connectivity index (χ2v) is 5.61. The number of para-hydroxylation sites is 1. The molecule has 2 atom stereocenters. The van der Waals surface area contributed by atoms with Crippen LogP contribution in [0.15, 0.2) is 24.3 Å². The molecule has 3 nitrogen and oxygen atoms in total. The zero-order valence-corrected chi connectivity index (χ0v) is 12.8. The Bertz CT molecular complexity index is 408. The Morgan fingerprint density at radius 2 is 2.05 bits per heavy atom. The van der Waals surface area contributed by atoms with Crippen LogP contribution in [0.2, 0.25) is 0 Å². The molecule has 3 heteroatoms. The van der Waals surface area contributed by atoms with Crippen molar-refractivity contribution in [3.8, 4) is 5.75 Å². The lowest BCUT2D eigenvalue weighted by Crippen LogP contribution is -2.40. The molecule has 0 bridgehead atoms. The predicted octanol–water partition coefficient (Wildman–Crippen LogP) is 3.35. The Labute approximate surface area is 123 Å². The van der Waals surface area contributed by atoms with Gasteiger partial charge < -0.3 is 10.5 Å². The Morgan fingerprint density at radius 3 is 2.80 bits per heavy atom. The SMILES string of the molecule is CCCN1CCCCC(N)C1c1ccccc1OCC. The Hall–Kier alpha value is -1.06. The van der Waals surface area contributed by atoms with E-state index in [9.17, 15) is 0 Å². The Morgan fingerprint density at radius 1 is 1.25 bits per heavy atom. The maximum Gasteiger partial charge on any atom is 0.124 e. The lowest BCUT2D eigenvalue weighted by atomic mass is 9.95. The summed E-state index contributed by atoms with van der Waals surface area (Å²) in [6.07, 6.45) is 4.75. The molecule has 20 heavy (non-hydrogen) atoms. The largest absolute Gasteiger partial charge is 0.494 e. The smallest absolute Gasteiger partial charge is 0.124 e. The average molecular weight is 276 g/mol. The van der Waals surface area contributed by atoms with Crippen LogP contribution in [0.4, 0.5) is 0 Å². The second-order valence-electron chi connectivity index (χ2n) is 5.61. The third-order valence-corrected chi connectivity index (χ3v) is 4.08. The molecule has 2 N–H and O–H groups in total. The van der Waals surface area contributed by atoms with Crippen LogP contribution in [0.3, 0.4) is 0 Å². The van der Waals surface area contributed by atoms with Crippen molar-refractivity contribution in [1.29, 1.82) is 0 Å². The summed E-state index contributed by atoms with van der Waals surface area (Å²) in [5, 5.41) is 0. The molecule has 1 heterocycles. The summed E-state index contributed by atoms with van der Waals surface area (Å²) < 4.78 is 5.82.